The van der Waals surface area contributed by atoms with E-state index in [1.165, 1.54) is 26.2 Å². The van der Waals surface area contributed by atoms with Crippen molar-refractivity contribution in [3.63, 3.8) is 0 Å². The summed E-state index contributed by atoms with van der Waals surface area (Å²) in [5.41, 5.74) is 0.874. The molecule has 0 heterocycles. The molecule has 0 aliphatic heterocycles. The normalized spacial score (nSPS) is 12.2. The third-order valence-electron chi connectivity index (χ3n) is 4.76. The first kappa shape index (κ1) is 25.7. The number of rotatable bonds is 8. The molecule has 3 aromatic rings. The molecule has 0 spiro atoms. The number of hydrogen-bond acceptors (Lipinski definition) is 7. The number of carbonyl (C=O) groups is 1. The minimum absolute atomic E-state index is 0.0430. The molecule has 0 bridgehead atoms. The van der Waals surface area contributed by atoms with E-state index in [1.54, 1.807) is 61.5 Å². The fraction of sp³-hybridized carbons (Fsp3) is 0.125. The SMILES string of the molecule is COc1ccccc1NC(=O)/C(N=Nc1ccc(C)c(S(=O)(=O)Nc2ccccc2Cl)c1)=C(/C)O. The maximum absolute atomic E-state index is 13.0. The van der Waals surface area contributed by atoms with Gasteiger partial charge >= 0.3 is 0 Å². The number of nitrogens with one attached hydrogen (secondary N) is 2. The molecule has 3 aromatic carbocycles. The molecule has 0 saturated heterocycles. The summed E-state index contributed by atoms with van der Waals surface area (Å²) in [5, 5.41) is 20.7. The number of carbonyl (C=O) groups excluding carboxylic acids is 1. The van der Waals surface area contributed by atoms with E-state index in [-0.39, 0.29) is 32.7 Å². The van der Waals surface area contributed by atoms with E-state index in [1.807, 2.05) is 0 Å². The summed E-state index contributed by atoms with van der Waals surface area (Å²) in [6.07, 6.45) is 0. The minimum Gasteiger partial charge on any atom is -0.510 e. The number of aliphatic hydroxyl groups excluding tert-OH is 1. The Labute approximate surface area is 208 Å². The average molecular weight is 515 g/mol. The van der Waals surface area contributed by atoms with Crippen molar-refractivity contribution in [1.29, 1.82) is 0 Å². The number of aryl methyl sites for hydroxylation is 1. The van der Waals surface area contributed by atoms with Crippen molar-refractivity contribution in [2.45, 2.75) is 18.7 Å². The highest BCUT2D eigenvalue weighted by atomic mass is 35.5. The minimum atomic E-state index is -4.00. The molecule has 0 unspecified atom stereocenters. The number of sulfonamides is 1. The smallest absolute Gasteiger partial charge is 0.279 e. The van der Waals surface area contributed by atoms with Gasteiger partial charge in [-0.25, -0.2) is 8.42 Å². The van der Waals surface area contributed by atoms with Crippen LogP contribution in [0.4, 0.5) is 17.1 Å². The van der Waals surface area contributed by atoms with Gasteiger partial charge in [0.2, 0.25) is 0 Å². The lowest BCUT2D eigenvalue weighted by Crippen LogP contribution is -2.15. The zero-order chi connectivity index (χ0) is 25.6. The Morgan fingerprint density at radius 1 is 1.03 bits per heavy atom. The summed E-state index contributed by atoms with van der Waals surface area (Å²) in [4.78, 5) is 12.7. The predicted molar refractivity (Wildman–Crippen MR) is 135 cm³/mol. The van der Waals surface area contributed by atoms with Crippen molar-refractivity contribution in [2.24, 2.45) is 10.2 Å². The van der Waals surface area contributed by atoms with Crippen LogP contribution >= 0.6 is 11.6 Å². The van der Waals surface area contributed by atoms with Crippen molar-refractivity contribution in [3.8, 4) is 5.75 Å². The lowest BCUT2D eigenvalue weighted by atomic mass is 10.2. The van der Waals surface area contributed by atoms with Crippen molar-refractivity contribution in [2.75, 3.05) is 17.1 Å². The van der Waals surface area contributed by atoms with Crippen LogP contribution in [0.1, 0.15) is 12.5 Å². The molecule has 0 aliphatic rings. The summed E-state index contributed by atoms with van der Waals surface area (Å²) in [6.45, 7) is 2.92. The number of para-hydroxylation sites is 3. The molecule has 182 valence electrons. The van der Waals surface area contributed by atoms with Crippen LogP contribution in [0.5, 0.6) is 5.75 Å². The Bertz CT molecular complexity index is 1420. The Balaban J connectivity index is 1.87. The number of aliphatic hydroxyl groups is 1. The summed E-state index contributed by atoms with van der Waals surface area (Å²) in [6, 6.07) is 17.6. The molecule has 0 radical (unpaired) electrons. The van der Waals surface area contributed by atoms with E-state index < -0.39 is 15.9 Å². The van der Waals surface area contributed by atoms with E-state index in [4.69, 9.17) is 16.3 Å². The number of benzene rings is 3. The van der Waals surface area contributed by atoms with Crippen LogP contribution in [0.2, 0.25) is 5.02 Å². The highest BCUT2D eigenvalue weighted by Gasteiger charge is 2.20. The highest BCUT2D eigenvalue weighted by molar-refractivity contribution is 7.92. The van der Waals surface area contributed by atoms with Crippen LogP contribution < -0.4 is 14.8 Å². The van der Waals surface area contributed by atoms with Crippen molar-refractivity contribution in [1.82, 2.24) is 0 Å². The summed E-state index contributed by atoms with van der Waals surface area (Å²) in [5.74, 6) is -0.674. The Morgan fingerprint density at radius 2 is 1.69 bits per heavy atom. The molecule has 9 nitrogen and oxygen atoms in total. The molecule has 35 heavy (non-hydrogen) atoms. The number of nitrogens with zero attached hydrogens (tertiary/aromatic N) is 2. The van der Waals surface area contributed by atoms with Gasteiger partial charge in [0.25, 0.3) is 15.9 Å². The molecule has 0 aromatic heterocycles. The second kappa shape index (κ2) is 11.0. The number of azo groups is 1. The lowest BCUT2D eigenvalue weighted by molar-refractivity contribution is -0.113. The topological polar surface area (TPSA) is 129 Å². The summed E-state index contributed by atoms with van der Waals surface area (Å²) < 4.78 is 33.6. The van der Waals surface area contributed by atoms with Gasteiger partial charge in [0.1, 0.15) is 11.5 Å². The van der Waals surface area contributed by atoms with Gasteiger partial charge in [-0.1, -0.05) is 41.9 Å². The van der Waals surface area contributed by atoms with E-state index in [9.17, 15) is 18.3 Å². The maximum Gasteiger partial charge on any atom is 0.279 e. The van der Waals surface area contributed by atoms with Crippen LogP contribution in [-0.4, -0.2) is 26.5 Å². The first-order valence-corrected chi connectivity index (χ1v) is 12.1. The second-order valence-corrected chi connectivity index (χ2v) is 9.38. The number of ether oxygens (including phenoxy) is 1. The predicted octanol–water partition coefficient (Wildman–Crippen LogP) is 5.97. The number of anilines is 2. The molecule has 0 aliphatic carbocycles. The quantitative estimate of drug-likeness (QED) is 0.194. The largest absolute Gasteiger partial charge is 0.510 e. The monoisotopic (exact) mass is 514 g/mol. The zero-order valence-electron chi connectivity index (χ0n) is 19.1. The van der Waals surface area contributed by atoms with Gasteiger partial charge in [0.15, 0.2) is 5.70 Å². The highest BCUT2D eigenvalue weighted by Crippen LogP contribution is 2.28. The molecule has 0 atom stereocenters. The third-order valence-corrected chi connectivity index (χ3v) is 6.59. The second-order valence-electron chi connectivity index (χ2n) is 7.32. The number of halogens is 1. The van der Waals surface area contributed by atoms with Gasteiger partial charge in [0.05, 0.1) is 34.1 Å². The molecule has 11 heteroatoms. The van der Waals surface area contributed by atoms with Crippen molar-refractivity contribution >= 4 is 44.6 Å². The summed E-state index contributed by atoms with van der Waals surface area (Å²) >= 11 is 6.07. The summed E-state index contributed by atoms with van der Waals surface area (Å²) in [7, 11) is -2.54. The van der Waals surface area contributed by atoms with Crippen LogP contribution in [0.15, 0.2) is 93.3 Å². The molecule has 0 saturated carbocycles. The number of hydrogen-bond donors (Lipinski definition) is 3. The van der Waals surface area contributed by atoms with Crippen molar-refractivity contribution < 1.29 is 23.1 Å². The number of amides is 1. The first-order chi connectivity index (χ1) is 16.6. The standard InChI is InChI=1S/C24H23ClN4O5S/c1-15-12-13-17(14-22(15)35(32,33)29-19-9-5-4-8-18(19)25)27-28-23(16(2)30)24(31)26-20-10-6-7-11-21(20)34-3/h4-14,29-30H,1-3H3,(H,26,31)/b23-16+,28-27?. The van der Waals surface area contributed by atoms with Gasteiger partial charge in [-0.05, 0) is 55.8 Å². The number of allylic oxidation sites excluding steroid dienone is 1. The van der Waals surface area contributed by atoms with E-state index in [0.717, 1.165) is 0 Å². The van der Waals surface area contributed by atoms with Gasteiger partial charge in [0, 0.05) is 0 Å². The average Bonchev–Trinajstić information content (AvgIpc) is 2.81. The van der Waals surface area contributed by atoms with Gasteiger partial charge < -0.3 is 15.2 Å². The van der Waals surface area contributed by atoms with E-state index in [0.29, 0.717) is 17.0 Å². The van der Waals surface area contributed by atoms with Crippen LogP contribution in [-0.2, 0) is 14.8 Å². The van der Waals surface area contributed by atoms with E-state index >= 15 is 0 Å². The lowest BCUT2D eigenvalue weighted by Gasteiger charge is -2.12. The van der Waals surface area contributed by atoms with Crippen LogP contribution in [0, 0.1) is 6.92 Å². The molecule has 3 N–H and O–H groups in total. The molecule has 3 rings (SSSR count). The Morgan fingerprint density at radius 3 is 2.34 bits per heavy atom. The fourth-order valence-corrected chi connectivity index (χ4v) is 4.59. The molecular weight excluding hydrogens is 492 g/mol. The maximum atomic E-state index is 13.0. The molecule has 1 amide bonds. The Hall–Kier alpha value is -3.89. The third kappa shape index (κ3) is 6.37. The van der Waals surface area contributed by atoms with Gasteiger partial charge in [-0.2, -0.15) is 5.11 Å². The van der Waals surface area contributed by atoms with Crippen LogP contribution in [0.3, 0.4) is 0 Å². The zero-order valence-corrected chi connectivity index (χ0v) is 20.7. The Kier molecular flexibility index (Phi) is 8.10. The van der Waals surface area contributed by atoms with Gasteiger partial charge in [-0.3, -0.25) is 9.52 Å². The van der Waals surface area contributed by atoms with Crippen molar-refractivity contribution in [3.05, 3.63) is 88.8 Å². The van der Waals surface area contributed by atoms with E-state index in [2.05, 4.69) is 20.3 Å². The number of methoxy groups -OCH3 is 1. The first-order valence-electron chi connectivity index (χ1n) is 10.3. The van der Waals surface area contributed by atoms with Crippen LogP contribution in [0.25, 0.3) is 0 Å². The fourth-order valence-electron chi connectivity index (χ4n) is 3.00. The van der Waals surface area contributed by atoms with Gasteiger partial charge in [-0.15, -0.1) is 5.11 Å². The molecular formula is C24H23ClN4O5S. The molecule has 0 fully saturated rings.